The molecule has 0 unspecified atom stereocenters. The van der Waals surface area contributed by atoms with E-state index in [4.69, 9.17) is 0 Å². The van der Waals surface area contributed by atoms with E-state index in [0.29, 0.717) is 31.8 Å². The first-order chi connectivity index (χ1) is 12.0. The summed E-state index contributed by atoms with van der Waals surface area (Å²) in [6.07, 6.45) is 3.94. The molecule has 0 N–H and O–H groups in total. The molecule has 0 bridgehead atoms. The minimum atomic E-state index is 0.167. The van der Waals surface area contributed by atoms with Gasteiger partial charge in [-0.05, 0) is 29.9 Å². The number of amides is 2. The van der Waals surface area contributed by atoms with Gasteiger partial charge in [-0.1, -0.05) is 51.5 Å². The second-order valence-electron chi connectivity index (χ2n) is 7.29. The van der Waals surface area contributed by atoms with Crippen molar-refractivity contribution in [1.29, 1.82) is 0 Å². The van der Waals surface area contributed by atoms with E-state index in [-0.39, 0.29) is 11.8 Å². The monoisotopic (exact) mass is 344 g/mol. The Morgan fingerprint density at radius 1 is 0.960 bits per heavy atom. The van der Waals surface area contributed by atoms with E-state index >= 15 is 0 Å². The normalized spacial score (nSPS) is 15.4. The van der Waals surface area contributed by atoms with Crippen LogP contribution in [0.1, 0.15) is 63.5 Å². The Kier molecular flexibility index (Phi) is 7.48. The topological polar surface area (TPSA) is 40.6 Å². The number of carbonyl (C=O) groups excluding carboxylic acids is 2. The summed E-state index contributed by atoms with van der Waals surface area (Å²) in [7, 11) is 0. The van der Waals surface area contributed by atoms with Crippen LogP contribution in [0.2, 0.25) is 0 Å². The van der Waals surface area contributed by atoms with Crippen LogP contribution in [0, 0.1) is 0 Å². The van der Waals surface area contributed by atoms with Crippen LogP contribution in [-0.4, -0.2) is 47.8 Å². The first-order valence-corrected chi connectivity index (χ1v) is 9.65. The number of benzene rings is 1. The van der Waals surface area contributed by atoms with Crippen LogP contribution < -0.4 is 0 Å². The maximum atomic E-state index is 12.6. The smallest absolute Gasteiger partial charge is 0.227 e. The van der Waals surface area contributed by atoms with Crippen molar-refractivity contribution >= 4 is 11.8 Å². The van der Waals surface area contributed by atoms with Gasteiger partial charge in [0.25, 0.3) is 0 Å². The Bertz CT molecular complexity index is 566. The van der Waals surface area contributed by atoms with Crippen molar-refractivity contribution in [2.24, 2.45) is 0 Å². The van der Waals surface area contributed by atoms with E-state index in [0.717, 1.165) is 37.9 Å². The summed E-state index contributed by atoms with van der Waals surface area (Å²) < 4.78 is 0. The van der Waals surface area contributed by atoms with Crippen molar-refractivity contribution in [1.82, 2.24) is 9.80 Å². The van der Waals surface area contributed by atoms with E-state index in [1.54, 1.807) is 0 Å². The van der Waals surface area contributed by atoms with Crippen LogP contribution >= 0.6 is 0 Å². The van der Waals surface area contributed by atoms with Crippen molar-refractivity contribution in [2.75, 3.05) is 26.2 Å². The third kappa shape index (κ3) is 5.87. The van der Waals surface area contributed by atoms with Crippen molar-refractivity contribution < 1.29 is 9.59 Å². The predicted molar refractivity (Wildman–Crippen MR) is 102 cm³/mol. The summed E-state index contributed by atoms with van der Waals surface area (Å²) in [5, 5.41) is 0. The molecule has 0 saturated carbocycles. The van der Waals surface area contributed by atoms with Crippen LogP contribution in [0.4, 0.5) is 0 Å². The van der Waals surface area contributed by atoms with Crippen LogP contribution in [0.3, 0.4) is 0 Å². The summed E-state index contributed by atoms with van der Waals surface area (Å²) in [6, 6.07) is 8.35. The second-order valence-corrected chi connectivity index (χ2v) is 7.29. The van der Waals surface area contributed by atoms with Gasteiger partial charge in [0.05, 0.1) is 6.42 Å². The average molecular weight is 344 g/mol. The maximum Gasteiger partial charge on any atom is 0.227 e. The summed E-state index contributed by atoms with van der Waals surface area (Å²) in [5.74, 6) is 0.909. The molecule has 0 aliphatic carbocycles. The lowest BCUT2D eigenvalue weighted by atomic mass is 10.0. The van der Waals surface area contributed by atoms with Gasteiger partial charge in [-0.3, -0.25) is 9.59 Å². The van der Waals surface area contributed by atoms with Crippen molar-refractivity contribution in [3.63, 3.8) is 0 Å². The van der Waals surface area contributed by atoms with Gasteiger partial charge in [-0.2, -0.15) is 0 Å². The molecule has 1 fully saturated rings. The molecule has 0 spiro atoms. The molecule has 4 nitrogen and oxygen atoms in total. The molecule has 0 aromatic heterocycles. The molecule has 1 heterocycles. The van der Waals surface area contributed by atoms with Crippen LogP contribution in [-0.2, 0) is 16.0 Å². The third-order valence-corrected chi connectivity index (χ3v) is 4.95. The van der Waals surface area contributed by atoms with Crippen molar-refractivity contribution in [2.45, 2.75) is 58.8 Å². The number of hydrogen-bond donors (Lipinski definition) is 0. The molecule has 1 saturated heterocycles. The molecular formula is C21H32N2O2. The van der Waals surface area contributed by atoms with Crippen molar-refractivity contribution in [3.8, 4) is 0 Å². The highest BCUT2D eigenvalue weighted by atomic mass is 16.2. The fourth-order valence-corrected chi connectivity index (χ4v) is 3.21. The highest BCUT2D eigenvalue weighted by molar-refractivity contribution is 5.79. The molecule has 1 aliphatic rings. The number of nitrogens with zero attached hydrogens (tertiary/aromatic N) is 2. The van der Waals surface area contributed by atoms with E-state index < -0.39 is 0 Å². The lowest BCUT2D eigenvalue weighted by molar-refractivity contribution is -0.133. The number of carbonyl (C=O) groups is 2. The number of hydrogen-bond acceptors (Lipinski definition) is 2. The van der Waals surface area contributed by atoms with Crippen molar-refractivity contribution in [3.05, 3.63) is 35.4 Å². The molecule has 1 aliphatic heterocycles. The van der Waals surface area contributed by atoms with E-state index in [2.05, 4.69) is 45.0 Å². The Morgan fingerprint density at radius 3 is 2.12 bits per heavy atom. The Balaban J connectivity index is 1.86. The van der Waals surface area contributed by atoms with Crippen LogP contribution in [0.15, 0.2) is 24.3 Å². The molecule has 138 valence electrons. The number of rotatable bonds is 6. The first kappa shape index (κ1) is 19.5. The van der Waals surface area contributed by atoms with Gasteiger partial charge < -0.3 is 9.80 Å². The van der Waals surface area contributed by atoms with Crippen LogP contribution in [0.25, 0.3) is 0 Å². The SMILES string of the molecule is CCCCC(=O)N1CCCN(C(=O)Cc2ccc(C(C)C)cc2)CC1. The largest absolute Gasteiger partial charge is 0.341 e. The molecule has 2 amide bonds. The van der Waals surface area contributed by atoms with Gasteiger partial charge in [-0.15, -0.1) is 0 Å². The Labute approximate surface area is 152 Å². The van der Waals surface area contributed by atoms with Gasteiger partial charge in [-0.25, -0.2) is 0 Å². The van der Waals surface area contributed by atoms with Crippen LogP contribution in [0.5, 0.6) is 0 Å². The average Bonchev–Trinajstić information content (AvgIpc) is 2.86. The second kappa shape index (κ2) is 9.59. The van der Waals surface area contributed by atoms with Gasteiger partial charge in [0, 0.05) is 32.6 Å². The minimum absolute atomic E-state index is 0.167. The van der Waals surface area contributed by atoms with Gasteiger partial charge in [0.15, 0.2) is 0 Å². The quantitative estimate of drug-likeness (QED) is 0.791. The summed E-state index contributed by atoms with van der Waals surface area (Å²) in [6.45, 7) is 9.29. The molecule has 2 rings (SSSR count). The third-order valence-electron chi connectivity index (χ3n) is 4.95. The highest BCUT2D eigenvalue weighted by Gasteiger charge is 2.21. The zero-order chi connectivity index (χ0) is 18.2. The van der Waals surface area contributed by atoms with E-state index in [9.17, 15) is 9.59 Å². The zero-order valence-electron chi connectivity index (χ0n) is 16.0. The molecule has 0 atom stereocenters. The highest BCUT2D eigenvalue weighted by Crippen LogP contribution is 2.16. The van der Waals surface area contributed by atoms with Gasteiger partial charge in [0.1, 0.15) is 0 Å². The standard InChI is InChI=1S/C21H32N2O2/c1-4-5-7-20(24)22-12-6-13-23(15-14-22)21(25)16-18-8-10-19(11-9-18)17(2)3/h8-11,17H,4-7,12-16H2,1-3H3. The zero-order valence-corrected chi connectivity index (χ0v) is 16.0. The van der Waals surface area contributed by atoms with Gasteiger partial charge in [0.2, 0.25) is 11.8 Å². The number of unbranched alkanes of at least 4 members (excludes halogenated alkanes) is 1. The molecule has 25 heavy (non-hydrogen) atoms. The molecule has 0 radical (unpaired) electrons. The first-order valence-electron chi connectivity index (χ1n) is 9.65. The summed E-state index contributed by atoms with van der Waals surface area (Å²) >= 11 is 0. The fourth-order valence-electron chi connectivity index (χ4n) is 3.21. The van der Waals surface area contributed by atoms with E-state index in [1.807, 2.05) is 9.80 Å². The summed E-state index contributed by atoms with van der Waals surface area (Å²) in [4.78, 5) is 28.6. The molecule has 4 heteroatoms. The minimum Gasteiger partial charge on any atom is -0.341 e. The maximum absolute atomic E-state index is 12.6. The van der Waals surface area contributed by atoms with Gasteiger partial charge >= 0.3 is 0 Å². The Morgan fingerprint density at radius 2 is 1.56 bits per heavy atom. The molecule has 1 aromatic rings. The lowest BCUT2D eigenvalue weighted by Crippen LogP contribution is -2.37. The van der Waals surface area contributed by atoms with E-state index in [1.165, 1.54) is 5.56 Å². The molecular weight excluding hydrogens is 312 g/mol. The lowest BCUT2D eigenvalue weighted by Gasteiger charge is -2.22. The summed E-state index contributed by atoms with van der Waals surface area (Å²) in [5.41, 5.74) is 2.36. The Hall–Kier alpha value is -1.84. The molecule has 1 aromatic carbocycles. The predicted octanol–water partition coefficient (Wildman–Crippen LogP) is 3.60. The fraction of sp³-hybridized carbons (Fsp3) is 0.619.